The first kappa shape index (κ1) is 52.6. The predicted molar refractivity (Wildman–Crippen MR) is 204 cm³/mol. The van der Waals surface area contributed by atoms with Crippen molar-refractivity contribution in [2.75, 3.05) is 0 Å². The van der Waals surface area contributed by atoms with Crippen LogP contribution in [0.5, 0.6) is 0 Å². The van der Waals surface area contributed by atoms with E-state index in [-0.39, 0.29) is 38.5 Å². The second-order valence-corrected chi connectivity index (χ2v) is 15.3. The number of hydrogen-bond donors (Lipinski definition) is 8. The van der Waals surface area contributed by atoms with E-state index in [0.717, 1.165) is 32.1 Å². The van der Waals surface area contributed by atoms with Crippen LogP contribution in [0.25, 0.3) is 0 Å². The maximum absolute atomic E-state index is 13.0. The molecule has 0 aromatic carbocycles. The van der Waals surface area contributed by atoms with Crippen molar-refractivity contribution in [1.29, 1.82) is 0 Å². The van der Waals surface area contributed by atoms with E-state index in [0.29, 0.717) is 51.4 Å². The topological polar surface area (TPSA) is 258 Å². The van der Waals surface area contributed by atoms with Gasteiger partial charge in [-0.1, -0.05) is 46.0 Å². The van der Waals surface area contributed by atoms with Crippen molar-refractivity contribution in [2.45, 2.75) is 230 Å². The Labute approximate surface area is 327 Å². The number of carboxylic acids is 1. The van der Waals surface area contributed by atoms with Crippen molar-refractivity contribution in [3.05, 3.63) is 0 Å². The van der Waals surface area contributed by atoms with Crippen LogP contribution in [0.1, 0.15) is 169 Å². The molecule has 0 bridgehead atoms. The number of esters is 3. The highest BCUT2D eigenvalue weighted by molar-refractivity contribution is 5.71. The number of aliphatic carboxylic acids is 1. The molecule has 15 nitrogen and oxygen atoms in total. The molecule has 0 rings (SSSR count). The van der Waals surface area contributed by atoms with E-state index in [1.807, 2.05) is 13.8 Å². The maximum atomic E-state index is 13.0. The second-order valence-electron chi connectivity index (χ2n) is 15.3. The third-order valence-electron chi connectivity index (χ3n) is 9.23. The molecule has 55 heavy (non-hydrogen) atoms. The van der Waals surface area contributed by atoms with Crippen molar-refractivity contribution < 1.29 is 74.2 Å². The van der Waals surface area contributed by atoms with Crippen LogP contribution in [0.15, 0.2) is 0 Å². The van der Waals surface area contributed by atoms with Gasteiger partial charge in [-0.15, -0.1) is 0 Å². The summed E-state index contributed by atoms with van der Waals surface area (Å²) < 4.78 is 16.7. The van der Waals surface area contributed by atoms with Crippen molar-refractivity contribution in [3.8, 4) is 0 Å². The fourth-order valence-corrected chi connectivity index (χ4v) is 6.36. The molecule has 10 atom stereocenters. The van der Waals surface area contributed by atoms with Gasteiger partial charge in [0.2, 0.25) is 0 Å². The van der Waals surface area contributed by atoms with E-state index < -0.39 is 104 Å². The maximum Gasteiger partial charge on any atom is 0.308 e. The summed E-state index contributed by atoms with van der Waals surface area (Å²) in [5, 5.41) is 80.5. The standard InChI is InChI=1S/C40H74O15/c1-5-7-9-15-29(43)19-30(44)24-38(50)55-36(18-12-14-28(4)42)22-33(47)26-39(51)53-34(16-10-8-6-2)21-32(46)25-40(52)54-35(17-11-13-27(3)41)20-31(45)23-37(48)49/h27-36,41-47H,5-26H2,1-4H3,(H,48,49)/t27-,28+,29-,30+,31-,32-,33+,34+,35+,36-/m1/s1. The normalized spacial score (nSPS) is 17.1. The summed E-state index contributed by atoms with van der Waals surface area (Å²) in [6.07, 6.45) is -2.94. The summed E-state index contributed by atoms with van der Waals surface area (Å²) >= 11 is 0. The molecule has 0 radical (unpaired) electrons. The van der Waals surface area contributed by atoms with Crippen molar-refractivity contribution in [2.24, 2.45) is 0 Å². The van der Waals surface area contributed by atoms with Crippen LogP contribution in [-0.2, 0) is 33.4 Å². The van der Waals surface area contributed by atoms with Gasteiger partial charge in [0, 0.05) is 19.3 Å². The lowest BCUT2D eigenvalue weighted by atomic mass is 10.0. The van der Waals surface area contributed by atoms with Crippen molar-refractivity contribution >= 4 is 23.9 Å². The van der Waals surface area contributed by atoms with Gasteiger partial charge in [0.25, 0.3) is 0 Å². The van der Waals surface area contributed by atoms with Crippen LogP contribution in [0.2, 0.25) is 0 Å². The van der Waals surface area contributed by atoms with Crippen molar-refractivity contribution in [3.63, 3.8) is 0 Å². The Morgan fingerprint density at radius 2 is 0.745 bits per heavy atom. The molecule has 0 aromatic heterocycles. The minimum absolute atomic E-state index is 0.0271. The van der Waals surface area contributed by atoms with E-state index in [1.54, 1.807) is 13.8 Å². The average Bonchev–Trinajstić information content (AvgIpc) is 3.03. The molecular weight excluding hydrogens is 720 g/mol. The summed E-state index contributed by atoms with van der Waals surface area (Å²) in [6.45, 7) is 7.27. The van der Waals surface area contributed by atoms with Gasteiger partial charge in [-0.25, -0.2) is 0 Å². The molecular formula is C40H74O15. The summed E-state index contributed by atoms with van der Waals surface area (Å²) in [7, 11) is 0. The molecule has 15 heteroatoms. The smallest absolute Gasteiger partial charge is 0.308 e. The monoisotopic (exact) mass is 795 g/mol. The van der Waals surface area contributed by atoms with Gasteiger partial charge in [0.05, 0.1) is 68.4 Å². The van der Waals surface area contributed by atoms with E-state index in [4.69, 9.17) is 19.3 Å². The third-order valence-corrected chi connectivity index (χ3v) is 9.23. The number of hydrogen-bond acceptors (Lipinski definition) is 14. The van der Waals surface area contributed by atoms with Gasteiger partial charge in [-0.2, -0.15) is 0 Å². The number of carboxylic acid groups (broad SMARTS) is 1. The lowest BCUT2D eigenvalue weighted by Gasteiger charge is -2.24. The fraction of sp³-hybridized carbons (Fsp3) is 0.900. The van der Waals surface area contributed by atoms with E-state index in [9.17, 15) is 54.9 Å². The van der Waals surface area contributed by atoms with Crippen molar-refractivity contribution in [1.82, 2.24) is 0 Å². The van der Waals surface area contributed by atoms with Gasteiger partial charge >= 0.3 is 23.9 Å². The Balaban J connectivity index is 5.34. The fourth-order valence-electron chi connectivity index (χ4n) is 6.36. The molecule has 0 saturated carbocycles. The van der Waals surface area contributed by atoms with Crippen LogP contribution >= 0.6 is 0 Å². The Kier molecular flexibility index (Phi) is 30.3. The highest BCUT2D eigenvalue weighted by Crippen LogP contribution is 2.21. The average molecular weight is 795 g/mol. The number of rotatable bonds is 35. The van der Waals surface area contributed by atoms with Crippen LogP contribution in [-0.4, -0.2) is 126 Å². The number of aliphatic hydroxyl groups excluding tert-OH is 7. The van der Waals surface area contributed by atoms with E-state index in [1.165, 1.54) is 0 Å². The molecule has 0 saturated heterocycles. The van der Waals surface area contributed by atoms with Crippen LogP contribution in [0, 0.1) is 0 Å². The minimum Gasteiger partial charge on any atom is -0.481 e. The van der Waals surface area contributed by atoms with Gasteiger partial charge in [0.1, 0.15) is 18.3 Å². The first-order chi connectivity index (χ1) is 25.9. The molecule has 0 aliphatic rings. The Morgan fingerprint density at radius 3 is 1.09 bits per heavy atom. The molecule has 0 heterocycles. The molecule has 0 aromatic rings. The first-order valence-corrected chi connectivity index (χ1v) is 20.5. The summed E-state index contributed by atoms with van der Waals surface area (Å²) in [5.41, 5.74) is 0. The van der Waals surface area contributed by atoms with Crippen LogP contribution < -0.4 is 0 Å². The largest absolute Gasteiger partial charge is 0.481 e. The zero-order valence-electron chi connectivity index (χ0n) is 33.8. The zero-order valence-corrected chi connectivity index (χ0v) is 33.8. The molecule has 0 unspecified atom stereocenters. The second kappa shape index (κ2) is 31.7. The first-order valence-electron chi connectivity index (χ1n) is 20.5. The lowest BCUT2D eigenvalue weighted by molar-refractivity contribution is -0.156. The lowest BCUT2D eigenvalue weighted by Crippen LogP contribution is -2.31. The number of carbonyl (C=O) groups is 4. The minimum atomic E-state index is -1.26. The highest BCUT2D eigenvalue weighted by Gasteiger charge is 2.27. The molecule has 0 aliphatic carbocycles. The molecule has 8 N–H and O–H groups in total. The predicted octanol–water partition coefficient (Wildman–Crippen LogP) is 3.99. The van der Waals surface area contributed by atoms with Crippen LogP contribution in [0.4, 0.5) is 0 Å². The van der Waals surface area contributed by atoms with E-state index in [2.05, 4.69) is 0 Å². The zero-order chi connectivity index (χ0) is 41.8. The van der Waals surface area contributed by atoms with Gasteiger partial charge in [-0.05, 0) is 78.1 Å². The molecule has 0 amide bonds. The highest BCUT2D eigenvalue weighted by atomic mass is 16.6. The Bertz CT molecular complexity index is 1020. The van der Waals surface area contributed by atoms with Gasteiger partial charge < -0.3 is 55.1 Å². The number of aliphatic hydroxyl groups is 7. The van der Waals surface area contributed by atoms with Crippen LogP contribution in [0.3, 0.4) is 0 Å². The summed E-state index contributed by atoms with van der Waals surface area (Å²) in [5.74, 6) is -3.45. The number of ether oxygens (including phenoxy) is 3. The molecule has 0 spiro atoms. The SMILES string of the molecule is CCCCC[C@@H](O)C[C@H](O)CC(=O)O[C@H](CCC[C@H](C)O)C[C@H](O)CC(=O)O[C@@H](CCCCC)C[C@@H](O)CC(=O)O[C@@H](CCC[C@@H](C)O)C[C@@H](O)CC(=O)O. The van der Waals surface area contributed by atoms with Gasteiger partial charge in [-0.3, -0.25) is 19.2 Å². The van der Waals surface area contributed by atoms with Gasteiger partial charge in [0.15, 0.2) is 0 Å². The Morgan fingerprint density at radius 1 is 0.418 bits per heavy atom. The Hall–Kier alpha value is -2.40. The number of carbonyl (C=O) groups excluding carboxylic acids is 3. The van der Waals surface area contributed by atoms with E-state index >= 15 is 0 Å². The molecule has 324 valence electrons. The quantitative estimate of drug-likeness (QED) is 0.0256. The molecule has 0 fully saturated rings. The summed E-state index contributed by atoms with van der Waals surface area (Å²) in [4.78, 5) is 49.5. The third kappa shape index (κ3) is 31.4. The molecule has 0 aliphatic heterocycles. The number of unbranched alkanes of at least 4 members (excludes halogenated alkanes) is 4. The summed E-state index contributed by atoms with van der Waals surface area (Å²) in [6, 6.07) is 0.